The Morgan fingerprint density at radius 1 is 0.966 bits per heavy atom. The molecule has 0 unspecified atom stereocenters. The Kier molecular flexibility index (Phi) is 4.78. The molecule has 0 fully saturated rings. The van der Waals surface area contributed by atoms with Gasteiger partial charge in [0.15, 0.2) is 0 Å². The van der Waals surface area contributed by atoms with Crippen molar-refractivity contribution in [1.82, 2.24) is 14.5 Å². The summed E-state index contributed by atoms with van der Waals surface area (Å²) >= 11 is 0. The molecule has 0 aliphatic rings. The van der Waals surface area contributed by atoms with E-state index in [-0.39, 0.29) is 11.8 Å². The van der Waals surface area contributed by atoms with Crippen LogP contribution in [0, 0.1) is 6.92 Å². The summed E-state index contributed by atoms with van der Waals surface area (Å²) in [6, 6.07) is 16.6. The van der Waals surface area contributed by atoms with Gasteiger partial charge in [-0.15, -0.1) is 0 Å². The van der Waals surface area contributed by atoms with Gasteiger partial charge in [-0.3, -0.25) is 14.2 Å². The topological polar surface area (TPSA) is 88.9 Å². The van der Waals surface area contributed by atoms with E-state index in [0.717, 1.165) is 16.6 Å². The molecule has 7 nitrogen and oxygen atoms in total. The third kappa shape index (κ3) is 3.84. The fraction of sp³-hybridized carbons (Fsp3) is 0.0909. The highest BCUT2D eigenvalue weighted by Crippen LogP contribution is 2.20. The minimum atomic E-state index is -0.278. The third-order valence-corrected chi connectivity index (χ3v) is 4.52. The Balaban J connectivity index is 1.53. The second kappa shape index (κ2) is 7.55. The number of anilines is 2. The number of hydrogen-bond donors (Lipinski definition) is 2. The fourth-order valence-electron chi connectivity index (χ4n) is 3.04. The number of carbonyl (C=O) groups is 2. The number of para-hydroxylation sites is 2. The molecule has 2 amide bonds. The van der Waals surface area contributed by atoms with Crippen molar-refractivity contribution in [3.05, 3.63) is 78.2 Å². The second-order valence-corrected chi connectivity index (χ2v) is 6.67. The summed E-state index contributed by atoms with van der Waals surface area (Å²) in [5, 5.41) is 5.56. The van der Waals surface area contributed by atoms with Crippen molar-refractivity contribution in [3.8, 4) is 5.82 Å². The Hall–Kier alpha value is -4.00. The average molecular weight is 385 g/mol. The van der Waals surface area contributed by atoms with Crippen LogP contribution in [0.3, 0.4) is 0 Å². The number of nitrogens with zero attached hydrogens (tertiary/aromatic N) is 3. The first-order chi connectivity index (χ1) is 14.0. The van der Waals surface area contributed by atoms with Crippen LogP contribution in [0.1, 0.15) is 22.8 Å². The van der Waals surface area contributed by atoms with Gasteiger partial charge in [0.05, 0.1) is 22.9 Å². The molecule has 2 heterocycles. The highest BCUT2D eigenvalue weighted by Gasteiger charge is 2.10. The van der Waals surface area contributed by atoms with Crippen LogP contribution < -0.4 is 10.6 Å². The number of hydrogen-bond acceptors (Lipinski definition) is 4. The standard InChI is InChI=1S/C22H19N5O2/c1-14-7-8-16(11-19(14)25-15(2)28)22(29)26-17-9-10-21(23-12-17)27-13-24-18-5-3-4-6-20(18)27/h3-13H,1-2H3,(H,25,28)(H,26,29). The number of imidazole rings is 1. The maximum atomic E-state index is 12.6. The van der Waals surface area contributed by atoms with Gasteiger partial charge in [0.25, 0.3) is 5.91 Å². The molecule has 0 saturated carbocycles. The quantitative estimate of drug-likeness (QED) is 0.557. The molecule has 2 aromatic carbocycles. The van der Waals surface area contributed by atoms with E-state index in [2.05, 4.69) is 20.6 Å². The highest BCUT2D eigenvalue weighted by molar-refractivity contribution is 6.05. The van der Waals surface area contributed by atoms with Crippen molar-refractivity contribution in [2.24, 2.45) is 0 Å². The summed E-state index contributed by atoms with van der Waals surface area (Å²) in [4.78, 5) is 32.7. The van der Waals surface area contributed by atoms with Gasteiger partial charge in [0.1, 0.15) is 12.1 Å². The smallest absolute Gasteiger partial charge is 0.255 e. The maximum absolute atomic E-state index is 12.6. The molecule has 0 radical (unpaired) electrons. The number of pyridine rings is 1. The molecule has 0 bridgehead atoms. The molecule has 7 heteroatoms. The normalized spacial score (nSPS) is 10.7. The SMILES string of the molecule is CC(=O)Nc1cc(C(=O)Nc2ccc(-n3cnc4ccccc43)nc2)ccc1C. The van der Waals surface area contributed by atoms with Gasteiger partial charge in [-0.1, -0.05) is 18.2 Å². The number of benzene rings is 2. The lowest BCUT2D eigenvalue weighted by atomic mass is 10.1. The van der Waals surface area contributed by atoms with Crippen LogP contribution in [0.2, 0.25) is 0 Å². The largest absolute Gasteiger partial charge is 0.326 e. The molecule has 29 heavy (non-hydrogen) atoms. The van der Waals surface area contributed by atoms with E-state index in [4.69, 9.17) is 0 Å². The molecule has 0 aliphatic heterocycles. The lowest BCUT2D eigenvalue weighted by Crippen LogP contribution is -2.14. The predicted molar refractivity (Wildman–Crippen MR) is 112 cm³/mol. The van der Waals surface area contributed by atoms with Crippen molar-refractivity contribution in [1.29, 1.82) is 0 Å². The molecule has 0 saturated heterocycles. The Bertz CT molecular complexity index is 1210. The van der Waals surface area contributed by atoms with Gasteiger partial charge < -0.3 is 10.6 Å². The van der Waals surface area contributed by atoms with Crippen molar-refractivity contribution in [2.45, 2.75) is 13.8 Å². The van der Waals surface area contributed by atoms with Crippen molar-refractivity contribution in [3.63, 3.8) is 0 Å². The number of nitrogens with one attached hydrogen (secondary N) is 2. The van der Waals surface area contributed by atoms with Gasteiger partial charge in [-0.05, 0) is 48.9 Å². The van der Waals surface area contributed by atoms with E-state index in [0.29, 0.717) is 22.8 Å². The summed E-state index contributed by atoms with van der Waals surface area (Å²) in [6.07, 6.45) is 3.33. The second-order valence-electron chi connectivity index (χ2n) is 6.67. The molecule has 0 atom stereocenters. The minimum absolute atomic E-state index is 0.183. The van der Waals surface area contributed by atoms with E-state index in [1.54, 1.807) is 36.8 Å². The summed E-state index contributed by atoms with van der Waals surface area (Å²) in [5.74, 6) is 0.247. The first-order valence-corrected chi connectivity index (χ1v) is 9.09. The van der Waals surface area contributed by atoms with Gasteiger partial charge >= 0.3 is 0 Å². The van der Waals surface area contributed by atoms with Gasteiger partial charge in [0, 0.05) is 18.2 Å². The first kappa shape index (κ1) is 18.4. The molecule has 0 aliphatic carbocycles. The van der Waals surface area contributed by atoms with E-state index in [1.165, 1.54) is 6.92 Å². The summed E-state index contributed by atoms with van der Waals surface area (Å²) in [7, 11) is 0. The summed E-state index contributed by atoms with van der Waals surface area (Å²) in [6.45, 7) is 3.30. The molecule has 0 spiro atoms. The molecular formula is C22H19N5O2. The third-order valence-electron chi connectivity index (χ3n) is 4.52. The van der Waals surface area contributed by atoms with Crippen LogP contribution >= 0.6 is 0 Å². The molecule has 4 aromatic rings. The molecule has 2 aromatic heterocycles. The highest BCUT2D eigenvalue weighted by atomic mass is 16.2. The number of fused-ring (bicyclic) bond motifs is 1. The minimum Gasteiger partial charge on any atom is -0.326 e. The number of rotatable bonds is 4. The van der Waals surface area contributed by atoms with E-state index < -0.39 is 0 Å². The number of carbonyl (C=O) groups excluding carboxylic acids is 2. The van der Waals surface area contributed by atoms with Crippen LogP contribution in [0.5, 0.6) is 0 Å². The van der Waals surface area contributed by atoms with E-state index in [1.807, 2.05) is 41.8 Å². The van der Waals surface area contributed by atoms with E-state index in [9.17, 15) is 9.59 Å². The number of aromatic nitrogens is 3. The number of aryl methyl sites for hydroxylation is 1. The average Bonchev–Trinajstić information content (AvgIpc) is 3.14. The Morgan fingerprint density at radius 2 is 1.79 bits per heavy atom. The molecule has 2 N–H and O–H groups in total. The lowest BCUT2D eigenvalue weighted by Gasteiger charge is -2.10. The van der Waals surface area contributed by atoms with E-state index >= 15 is 0 Å². The Morgan fingerprint density at radius 3 is 2.55 bits per heavy atom. The van der Waals surface area contributed by atoms with Crippen LogP contribution in [-0.2, 0) is 4.79 Å². The lowest BCUT2D eigenvalue weighted by molar-refractivity contribution is -0.114. The van der Waals surface area contributed by atoms with Gasteiger partial charge in [0.2, 0.25) is 5.91 Å². The number of amides is 2. The van der Waals surface area contributed by atoms with Crippen molar-refractivity contribution >= 4 is 34.2 Å². The zero-order valence-electron chi connectivity index (χ0n) is 16.0. The molecule has 144 valence electrons. The maximum Gasteiger partial charge on any atom is 0.255 e. The molecular weight excluding hydrogens is 366 g/mol. The van der Waals surface area contributed by atoms with Crippen LogP contribution in [0.4, 0.5) is 11.4 Å². The van der Waals surface area contributed by atoms with Crippen molar-refractivity contribution < 1.29 is 9.59 Å². The monoisotopic (exact) mass is 385 g/mol. The fourth-order valence-corrected chi connectivity index (χ4v) is 3.04. The predicted octanol–water partition coefficient (Wildman–Crippen LogP) is 3.94. The Labute approximate surface area is 167 Å². The zero-order chi connectivity index (χ0) is 20.4. The van der Waals surface area contributed by atoms with Crippen LogP contribution in [-0.4, -0.2) is 26.3 Å². The summed E-state index contributed by atoms with van der Waals surface area (Å²) < 4.78 is 1.89. The van der Waals surface area contributed by atoms with Crippen LogP contribution in [0.25, 0.3) is 16.9 Å². The molecule has 4 rings (SSSR count). The van der Waals surface area contributed by atoms with Crippen molar-refractivity contribution in [2.75, 3.05) is 10.6 Å². The van der Waals surface area contributed by atoms with Gasteiger partial charge in [-0.2, -0.15) is 0 Å². The zero-order valence-corrected chi connectivity index (χ0v) is 16.0. The first-order valence-electron chi connectivity index (χ1n) is 9.09. The van der Waals surface area contributed by atoms with Gasteiger partial charge in [-0.25, -0.2) is 9.97 Å². The summed E-state index contributed by atoms with van der Waals surface area (Å²) in [5.41, 5.74) is 4.37. The van der Waals surface area contributed by atoms with Crippen LogP contribution in [0.15, 0.2) is 67.1 Å².